The minimum atomic E-state index is -0.524. The van der Waals surface area contributed by atoms with Gasteiger partial charge in [0.1, 0.15) is 6.33 Å². The van der Waals surface area contributed by atoms with E-state index in [2.05, 4.69) is 32.2 Å². The Morgan fingerprint density at radius 2 is 1.95 bits per heavy atom. The van der Waals surface area contributed by atoms with Crippen LogP contribution in [-0.2, 0) is 0 Å². The van der Waals surface area contributed by atoms with Crippen LogP contribution >= 0.6 is 0 Å². The minimum Gasteiger partial charge on any atom is -0.354 e. The molecule has 3 heterocycles. The molecule has 1 aliphatic rings. The number of aromatic nitrogens is 4. The number of hydroxylamine groups is 1. The van der Waals surface area contributed by atoms with Crippen molar-refractivity contribution in [3.8, 4) is 5.88 Å². The molecule has 1 N–H and O–H groups in total. The summed E-state index contributed by atoms with van der Waals surface area (Å²) < 4.78 is 5.45. The maximum absolute atomic E-state index is 12.0. The van der Waals surface area contributed by atoms with Gasteiger partial charge in [-0.3, -0.25) is 10.1 Å². The molecule has 11 heteroatoms. The summed E-state index contributed by atoms with van der Waals surface area (Å²) in [5.74, 6) is 1.60. The van der Waals surface area contributed by atoms with Crippen LogP contribution in [0.15, 0.2) is 59.9 Å². The van der Waals surface area contributed by atoms with E-state index in [1.165, 1.54) is 6.33 Å². The number of anilines is 1. The van der Waals surface area contributed by atoms with Crippen LogP contribution in [0.2, 0.25) is 0 Å². The van der Waals surface area contributed by atoms with Crippen molar-refractivity contribution in [2.45, 2.75) is 38.5 Å². The van der Waals surface area contributed by atoms with E-state index in [4.69, 9.17) is 9.36 Å². The van der Waals surface area contributed by atoms with E-state index in [-0.39, 0.29) is 29.2 Å². The summed E-state index contributed by atoms with van der Waals surface area (Å²) in [6, 6.07) is 13.8. The Kier molecular flexibility index (Phi) is 6.67. The Labute approximate surface area is 213 Å². The Morgan fingerprint density at radius 1 is 1.19 bits per heavy atom. The molecule has 5 rings (SSSR count). The van der Waals surface area contributed by atoms with Gasteiger partial charge in [-0.2, -0.15) is 9.97 Å². The lowest BCUT2D eigenvalue weighted by molar-refractivity contribution is -0.385. The number of nitrogens with one attached hydrogen (secondary N) is 1. The maximum atomic E-state index is 12.0. The zero-order valence-electron chi connectivity index (χ0n) is 20.6. The van der Waals surface area contributed by atoms with E-state index < -0.39 is 4.92 Å². The van der Waals surface area contributed by atoms with Crippen LogP contribution in [-0.4, -0.2) is 38.1 Å². The molecule has 2 aromatic heterocycles. The summed E-state index contributed by atoms with van der Waals surface area (Å²) in [6.07, 6.45) is 2.67. The van der Waals surface area contributed by atoms with Crippen molar-refractivity contribution in [2.24, 2.45) is 0 Å². The number of rotatable bonds is 8. The Morgan fingerprint density at radius 3 is 2.65 bits per heavy atom. The zero-order valence-corrected chi connectivity index (χ0v) is 20.6. The summed E-state index contributed by atoms with van der Waals surface area (Å²) in [4.78, 5) is 31.7. The van der Waals surface area contributed by atoms with E-state index in [1.807, 2.05) is 61.2 Å². The van der Waals surface area contributed by atoms with E-state index in [9.17, 15) is 10.1 Å². The molecule has 0 aliphatic carbocycles. The highest BCUT2D eigenvalue weighted by Gasteiger charge is 2.33. The molecule has 1 fully saturated rings. The van der Waals surface area contributed by atoms with Gasteiger partial charge in [0.15, 0.2) is 5.82 Å². The first-order valence-corrected chi connectivity index (χ1v) is 12.1. The number of fused-ring (bicyclic) bond motifs is 1. The van der Waals surface area contributed by atoms with Gasteiger partial charge in [0.05, 0.1) is 10.6 Å². The molecule has 0 amide bonds. The first kappa shape index (κ1) is 24.2. The molecule has 1 aliphatic heterocycles. The fraction of sp³-hybridized carbons (Fsp3) is 0.308. The van der Waals surface area contributed by atoms with Crippen LogP contribution in [0.3, 0.4) is 0 Å². The molecule has 11 nitrogen and oxygen atoms in total. The molecule has 0 saturated carbocycles. The number of hydrogen-bond donors (Lipinski definition) is 1. The third-order valence-corrected chi connectivity index (χ3v) is 6.44. The summed E-state index contributed by atoms with van der Waals surface area (Å²) in [5, 5.41) is 18.2. The van der Waals surface area contributed by atoms with Gasteiger partial charge in [-0.15, -0.1) is 0 Å². The summed E-state index contributed by atoms with van der Waals surface area (Å²) in [6.45, 7) is 9.11. The number of piperidine rings is 1. The highest BCUT2D eigenvalue weighted by molar-refractivity contribution is 5.85. The van der Waals surface area contributed by atoms with Crippen LogP contribution in [0.25, 0.3) is 16.5 Å². The van der Waals surface area contributed by atoms with Crippen molar-refractivity contribution in [3.63, 3.8) is 0 Å². The van der Waals surface area contributed by atoms with Gasteiger partial charge in [0.25, 0.3) is 0 Å². The smallest absolute Gasteiger partial charge is 0.354 e. The maximum Gasteiger partial charge on any atom is 0.375 e. The van der Waals surface area contributed by atoms with Crippen LogP contribution in [0, 0.1) is 10.1 Å². The lowest BCUT2D eigenvalue weighted by Crippen LogP contribution is -2.34. The van der Waals surface area contributed by atoms with Crippen molar-refractivity contribution in [1.82, 2.24) is 25.6 Å². The molecule has 1 saturated heterocycles. The summed E-state index contributed by atoms with van der Waals surface area (Å²) in [7, 11) is 0. The molecule has 0 unspecified atom stereocenters. The van der Waals surface area contributed by atoms with Gasteiger partial charge in [-0.1, -0.05) is 62.0 Å². The number of benzene rings is 2. The third kappa shape index (κ3) is 5.06. The minimum absolute atomic E-state index is 0.0970. The molecule has 4 aromatic rings. The van der Waals surface area contributed by atoms with Crippen molar-refractivity contribution in [1.29, 1.82) is 0 Å². The largest absolute Gasteiger partial charge is 0.375 e. The van der Waals surface area contributed by atoms with E-state index in [0.717, 1.165) is 16.3 Å². The second-order valence-corrected chi connectivity index (χ2v) is 9.26. The number of nitrogens with zero attached hydrogens (tertiary/aromatic N) is 6. The molecule has 190 valence electrons. The van der Waals surface area contributed by atoms with Crippen LogP contribution in [0.5, 0.6) is 5.88 Å². The molecule has 0 atom stereocenters. The number of hydrogen-bond acceptors (Lipinski definition) is 10. The highest BCUT2D eigenvalue weighted by Crippen LogP contribution is 2.37. The van der Waals surface area contributed by atoms with Gasteiger partial charge in [0.2, 0.25) is 11.7 Å². The van der Waals surface area contributed by atoms with Crippen molar-refractivity contribution < 1.29 is 14.3 Å². The molecule has 0 spiro atoms. The third-order valence-electron chi connectivity index (χ3n) is 6.44. The summed E-state index contributed by atoms with van der Waals surface area (Å²) >= 11 is 0. The zero-order chi connectivity index (χ0) is 25.9. The van der Waals surface area contributed by atoms with E-state index in [1.54, 1.807) is 0 Å². The van der Waals surface area contributed by atoms with E-state index >= 15 is 0 Å². The number of nitro groups is 1. The Hall–Kier alpha value is -4.54. The Bertz CT molecular complexity index is 1440. The molecule has 37 heavy (non-hydrogen) atoms. The second-order valence-electron chi connectivity index (χ2n) is 9.26. The first-order valence-electron chi connectivity index (χ1n) is 12.1. The lowest BCUT2D eigenvalue weighted by atomic mass is 9.96. The standard InChI is InChI=1S/C26H27N7O4/c1-16(2)23-29-25(36-31-23)19-10-12-32(13-11-19)24-22(33(34)35)26(28-15-27-24)37-30-17(3)20-9-8-18-6-4-5-7-21(18)14-20/h4-9,14-16,19,30H,3,10-13H2,1-2H3. The average molecular weight is 502 g/mol. The first-order chi connectivity index (χ1) is 17.9. The van der Waals surface area contributed by atoms with Gasteiger partial charge in [0, 0.05) is 30.5 Å². The predicted molar refractivity (Wildman–Crippen MR) is 138 cm³/mol. The monoisotopic (exact) mass is 501 g/mol. The average Bonchev–Trinajstić information content (AvgIpc) is 3.42. The molecule has 0 radical (unpaired) electrons. The molecule has 2 aromatic carbocycles. The highest BCUT2D eigenvalue weighted by atomic mass is 16.7. The molecular weight excluding hydrogens is 474 g/mol. The SMILES string of the molecule is C=C(NOc1ncnc(N2CCC(c3nc(C(C)C)no3)CC2)c1[N+](=O)[O-])c1ccc2ccccc2c1. The molecular formula is C26H27N7O4. The predicted octanol–water partition coefficient (Wildman–Crippen LogP) is 4.98. The van der Waals surface area contributed by atoms with Crippen LogP contribution in [0.1, 0.15) is 55.8 Å². The fourth-order valence-electron chi connectivity index (χ4n) is 4.35. The second kappa shape index (κ2) is 10.2. The van der Waals surface area contributed by atoms with Gasteiger partial charge in [-0.05, 0) is 29.7 Å². The van der Waals surface area contributed by atoms with Crippen molar-refractivity contribution in [3.05, 3.63) is 82.8 Å². The van der Waals surface area contributed by atoms with Crippen molar-refractivity contribution >= 4 is 28.0 Å². The van der Waals surface area contributed by atoms with Gasteiger partial charge in [-0.25, -0.2) is 10.5 Å². The summed E-state index contributed by atoms with van der Waals surface area (Å²) in [5.41, 5.74) is 3.64. The lowest BCUT2D eigenvalue weighted by Gasteiger charge is -2.30. The molecule has 0 bridgehead atoms. The van der Waals surface area contributed by atoms with Crippen LogP contribution in [0.4, 0.5) is 11.5 Å². The topological polar surface area (TPSA) is 132 Å². The van der Waals surface area contributed by atoms with Gasteiger partial charge < -0.3 is 14.3 Å². The van der Waals surface area contributed by atoms with Gasteiger partial charge >= 0.3 is 11.6 Å². The fourth-order valence-corrected chi connectivity index (χ4v) is 4.35. The normalized spacial score (nSPS) is 14.2. The van der Waals surface area contributed by atoms with Crippen molar-refractivity contribution in [2.75, 3.05) is 18.0 Å². The van der Waals surface area contributed by atoms with Crippen LogP contribution < -0.4 is 15.2 Å². The quantitative estimate of drug-likeness (QED) is 0.260. The Balaban J connectivity index is 1.29. The van der Waals surface area contributed by atoms with E-state index in [0.29, 0.717) is 43.3 Å².